The molecule has 0 amide bonds. The Kier molecular flexibility index (Phi) is 2.28. The van der Waals surface area contributed by atoms with Gasteiger partial charge in [0.05, 0.1) is 5.92 Å². The summed E-state index contributed by atoms with van der Waals surface area (Å²) >= 11 is 0. The lowest BCUT2D eigenvalue weighted by molar-refractivity contribution is -0.142. The van der Waals surface area contributed by atoms with E-state index in [1.54, 1.807) is 0 Å². The van der Waals surface area contributed by atoms with E-state index in [1.165, 1.54) is 6.42 Å². The third kappa shape index (κ3) is 1.35. The zero-order chi connectivity index (χ0) is 9.42. The summed E-state index contributed by atoms with van der Waals surface area (Å²) in [6.45, 7) is 3.28. The fourth-order valence-corrected chi connectivity index (χ4v) is 2.95. The normalized spacial score (nSPS) is 39.3. The van der Waals surface area contributed by atoms with Gasteiger partial charge in [-0.1, -0.05) is 6.92 Å². The maximum Gasteiger partial charge on any atom is 0.308 e. The van der Waals surface area contributed by atoms with Crippen molar-refractivity contribution in [3.05, 3.63) is 0 Å². The first-order valence-electron chi connectivity index (χ1n) is 5.22. The van der Waals surface area contributed by atoms with Crippen LogP contribution in [-0.2, 0) is 4.79 Å². The highest BCUT2D eigenvalue weighted by molar-refractivity contribution is 5.71. The second-order valence-corrected chi connectivity index (χ2v) is 4.19. The first-order chi connectivity index (χ1) is 6.24. The van der Waals surface area contributed by atoms with Gasteiger partial charge in [-0.15, -0.1) is 0 Å². The molecule has 0 aliphatic carbocycles. The van der Waals surface area contributed by atoms with E-state index in [0.717, 1.165) is 25.8 Å². The molecule has 74 valence electrons. The van der Waals surface area contributed by atoms with Crippen molar-refractivity contribution in [1.82, 2.24) is 4.90 Å². The van der Waals surface area contributed by atoms with Crippen LogP contribution in [0.3, 0.4) is 0 Å². The molecule has 2 rings (SSSR count). The van der Waals surface area contributed by atoms with Gasteiger partial charge in [0.25, 0.3) is 0 Å². The molecule has 0 radical (unpaired) electrons. The first kappa shape index (κ1) is 9.00. The minimum atomic E-state index is -0.590. The van der Waals surface area contributed by atoms with E-state index in [0.29, 0.717) is 12.1 Å². The molecule has 2 fully saturated rings. The molecule has 3 nitrogen and oxygen atoms in total. The molecule has 2 heterocycles. The molecule has 0 aromatic rings. The number of carbonyl (C=O) groups is 1. The molecule has 13 heavy (non-hydrogen) atoms. The van der Waals surface area contributed by atoms with Gasteiger partial charge in [-0.05, 0) is 32.2 Å². The number of carboxylic acid groups (broad SMARTS) is 1. The lowest BCUT2D eigenvalue weighted by Crippen LogP contribution is -2.33. The molecule has 2 saturated heterocycles. The minimum absolute atomic E-state index is 0.0903. The van der Waals surface area contributed by atoms with Crippen molar-refractivity contribution in [2.24, 2.45) is 5.92 Å². The summed E-state index contributed by atoms with van der Waals surface area (Å²) in [6, 6.07) is 0.885. The number of hydrogen-bond donors (Lipinski definition) is 1. The average Bonchev–Trinajstić information content (AvgIpc) is 2.61. The van der Waals surface area contributed by atoms with Crippen molar-refractivity contribution in [2.75, 3.05) is 6.54 Å². The third-order valence-corrected chi connectivity index (χ3v) is 3.59. The number of carboxylic acids is 1. The van der Waals surface area contributed by atoms with Crippen molar-refractivity contribution in [3.8, 4) is 0 Å². The van der Waals surface area contributed by atoms with Crippen LogP contribution in [0.15, 0.2) is 0 Å². The standard InChI is InChI=1S/C10H17NO2/c1-2-7-6-8(10(12)13)9-4-3-5-11(7)9/h7-9H,2-6H2,1H3,(H,12,13). The summed E-state index contributed by atoms with van der Waals surface area (Å²) in [7, 11) is 0. The van der Waals surface area contributed by atoms with Crippen LogP contribution in [0, 0.1) is 5.92 Å². The van der Waals surface area contributed by atoms with Crippen molar-refractivity contribution in [2.45, 2.75) is 44.7 Å². The molecule has 3 atom stereocenters. The Hall–Kier alpha value is -0.570. The molecule has 2 aliphatic rings. The van der Waals surface area contributed by atoms with Crippen molar-refractivity contribution in [3.63, 3.8) is 0 Å². The van der Waals surface area contributed by atoms with Gasteiger partial charge in [-0.2, -0.15) is 0 Å². The quantitative estimate of drug-likeness (QED) is 0.702. The largest absolute Gasteiger partial charge is 0.481 e. The predicted molar refractivity (Wildman–Crippen MR) is 49.5 cm³/mol. The minimum Gasteiger partial charge on any atom is -0.481 e. The topological polar surface area (TPSA) is 40.5 Å². The van der Waals surface area contributed by atoms with Gasteiger partial charge in [-0.3, -0.25) is 9.69 Å². The Morgan fingerprint density at radius 1 is 1.62 bits per heavy atom. The lowest BCUT2D eigenvalue weighted by Gasteiger charge is -2.22. The summed E-state index contributed by atoms with van der Waals surface area (Å²) in [5.41, 5.74) is 0. The second kappa shape index (κ2) is 3.29. The monoisotopic (exact) mass is 183 g/mol. The Labute approximate surface area is 78.7 Å². The van der Waals surface area contributed by atoms with E-state index >= 15 is 0 Å². The van der Waals surface area contributed by atoms with Gasteiger partial charge in [0.1, 0.15) is 0 Å². The molecule has 2 aliphatic heterocycles. The lowest BCUT2D eigenvalue weighted by atomic mass is 9.96. The van der Waals surface area contributed by atoms with Crippen LogP contribution in [0.4, 0.5) is 0 Å². The Morgan fingerprint density at radius 2 is 2.38 bits per heavy atom. The van der Waals surface area contributed by atoms with Crippen LogP contribution in [0.1, 0.15) is 32.6 Å². The summed E-state index contributed by atoms with van der Waals surface area (Å²) < 4.78 is 0. The molecule has 3 unspecified atom stereocenters. The van der Waals surface area contributed by atoms with E-state index in [4.69, 9.17) is 5.11 Å². The number of rotatable bonds is 2. The molecular weight excluding hydrogens is 166 g/mol. The summed E-state index contributed by atoms with van der Waals surface area (Å²) in [5.74, 6) is -0.680. The van der Waals surface area contributed by atoms with Crippen LogP contribution in [-0.4, -0.2) is 34.6 Å². The van der Waals surface area contributed by atoms with E-state index < -0.39 is 5.97 Å². The highest BCUT2D eigenvalue weighted by atomic mass is 16.4. The Bertz CT molecular complexity index is 217. The molecule has 0 bridgehead atoms. The third-order valence-electron chi connectivity index (χ3n) is 3.59. The van der Waals surface area contributed by atoms with Gasteiger partial charge >= 0.3 is 5.97 Å². The molecular formula is C10H17NO2. The molecule has 0 aromatic carbocycles. The number of fused-ring (bicyclic) bond motifs is 1. The van der Waals surface area contributed by atoms with E-state index in [-0.39, 0.29) is 5.92 Å². The van der Waals surface area contributed by atoms with Crippen LogP contribution >= 0.6 is 0 Å². The highest BCUT2D eigenvalue weighted by Crippen LogP contribution is 2.38. The summed E-state index contributed by atoms with van der Waals surface area (Å²) in [4.78, 5) is 13.4. The van der Waals surface area contributed by atoms with E-state index in [2.05, 4.69) is 11.8 Å². The number of aliphatic carboxylic acids is 1. The van der Waals surface area contributed by atoms with Gasteiger partial charge < -0.3 is 5.11 Å². The highest BCUT2D eigenvalue weighted by Gasteiger charge is 2.45. The van der Waals surface area contributed by atoms with Crippen LogP contribution in [0.25, 0.3) is 0 Å². The molecule has 0 saturated carbocycles. The second-order valence-electron chi connectivity index (χ2n) is 4.19. The van der Waals surface area contributed by atoms with Crippen LogP contribution < -0.4 is 0 Å². The maximum atomic E-state index is 11.0. The van der Waals surface area contributed by atoms with Crippen molar-refractivity contribution >= 4 is 5.97 Å². The zero-order valence-corrected chi connectivity index (χ0v) is 8.07. The smallest absolute Gasteiger partial charge is 0.308 e. The van der Waals surface area contributed by atoms with E-state index in [1.807, 2.05) is 0 Å². The Balaban J connectivity index is 2.13. The predicted octanol–water partition coefficient (Wildman–Crippen LogP) is 1.33. The van der Waals surface area contributed by atoms with E-state index in [9.17, 15) is 4.79 Å². The van der Waals surface area contributed by atoms with Crippen LogP contribution in [0.2, 0.25) is 0 Å². The van der Waals surface area contributed by atoms with Gasteiger partial charge in [0, 0.05) is 12.1 Å². The van der Waals surface area contributed by atoms with Crippen molar-refractivity contribution in [1.29, 1.82) is 0 Å². The average molecular weight is 183 g/mol. The van der Waals surface area contributed by atoms with Crippen LogP contribution in [0.5, 0.6) is 0 Å². The van der Waals surface area contributed by atoms with Gasteiger partial charge in [-0.25, -0.2) is 0 Å². The fourth-order valence-electron chi connectivity index (χ4n) is 2.95. The van der Waals surface area contributed by atoms with Crippen molar-refractivity contribution < 1.29 is 9.90 Å². The maximum absolute atomic E-state index is 11.0. The van der Waals surface area contributed by atoms with Gasteiger partial charge in [0.2, 0.25) is 0 Å². The van der Waals surface area contributed by atoms with Gasteiger partial charge in [0.15, 0.2) is 0 Å². The fraction of sp³-hybridized carbons (Fsp3) is 0.900. The summed E-state index contributed by atoms with van der Waals surface area (Å²) in [6.07, 6.45) is 4.25. The SMILES string of the molecule is CCC1CC(C(=O)O)C2CCCN12. The Morgan fingerprint density at radius 3 is 3.00 bits per heavy atom. The molecule has 1 N–H and O–H groups in total. The molecule has 0 aromatic heterocycles. The zero-order valence-electron chi connectivity index (χ0n) is 8.07. The summed E-state index contributed by atoms with van der Waals surface area (Å²) in [5, 5.41) is 9.05. The molecule has 3 heteroatoms. The number of hydrogen-bond acceptors (Lipinski definition) is 2. The first-order valence-corrected chi connectivity index (χ1v) is 5.22. The molecule has 0 spiro atoms. The number of nitrogens with zero attached hydrogens (tertiary/aromatic N) is 1.